The van der Waals surface area contributed by atoms with Gasteiger partial charge >= 0.3 is 12.0 Å². The Balaban J connectivity index is 1.65. The third-order valence-electron chi connectivity index (χ3n) is 4.93. The Labute approximate surface area is 147 Å². The second-order valence-electron chi connectivity index (χ2n) is 6.42. The zero-order valence-corrected chi connectivity index (χ0v) is 13.9. The number of anilines is 1. The molecule has 0 bridgehead atoms. The smallest absolute Gasteiger partial charge is 0.324 e. The highest BCUT2D eigenvalue weighted by molar-refractivity contribution is 6.30. The van der Waals surface area contributed by atoms with Crippen molar-refractivity contribution in [2.75, 3.05) is 31.2 Å². The Bertz CT molecular complexity index is 831. The van der Waals surface area contributed by atoms with Crippen LogP contribution in [0.2, 0.25) is 5.02 Å². The van der Waals surface area contributed by atoms with Gasteiger partial charge in [0.1, 0.15) is 5.41 Å². The van der Waals surface area contributed by atoms with E-state index in [0.717, 1.165) is 0 Å². The molecular formula is C16H15ClFN3O4. The van der Waals surface area contributed by atoms with E-state index in [2.05, 4.69) is 10.1 Å². The Kier molecular flexibility index (Phi) is 3.69. The molecule has 3 heterocycles. The van der Waals surface area contributed by atoms with Gasteiger partial charge in [-0.15, -0.1) is 0 Å². The number of fused-ring (bicyclic) bond motifs is 1. The third kappa shape index (κ3) is 2.47. The van der Waals surface area contributed by atoms with Crippen molar-refractivity contribution in [2.24, 2.45) is 5.41 Å². The summed E-state index contributed by atoms with van der Waals surface area (Å²) in [5, 5.41) is 14.0. The van der Waals surface area contributed by atoms with Crippen molar-refractivity contribution in [2.45, 2.75) is 12.1 Å². The summed E-state index contributed by atoms with van der Waals surface area (Å²) >= 11 is 5.96. The quantitative estimate of drug-likeness (QED) is 0.891. The molecule has 0 aliphatic carbocycles. The first kappa shape index (κ1) is 16.3. The monoisotopic (exact) mass is 367 g/mol. The van der Waals surface area contributed by atoms with Gasteiger partial charge in [-0.05, 0) is 12.1 Å². The molecule has 0 spiro atoms. The number of aromatic nitrogens is 2. The highest BCUT2D eigenvalue weighted by atomic mass is 35.5. The summed E-state index contributed by atoms with van der Waals surface area (Å²) < 4.78 is 25.9. The van der Waals surface area contributed by atoms with Crippen LogP contribution in [0.25, 0.3) is 11.4 Å². The van der Waals surface area contributed by atoms with Crippen LogP contribution in [-0.4, -0.2) is 53.2 Å². The van der Waals surface area contributed by atoms with E-state index in [1.807, 2.05) is 0 Å². The number of hydrogen-bond donors (Lipinski definition) is 1. The van der Waals surface area contributed by atoms with Gasteiger partial charge in [-0.25, -0.2) is 4.39 Å². The fraction of sp³-hybridized carbons (Fsp3) is 0.438. The molecule has 25 heavy (non-hydrogen) atoms. The maximum atomic E-state index is 15.4. The van der Waals surface area contributed by atoms with Gasteiger partial charge in [0.25, 0.3) is 0 Å². The molecule has 0 saturated carbocycles. The van der Waals surface area contributed by atoms with Crippen LogP contribution in [0.15, 0.2) is 28.8 Å². The largest absolute Gasteiger partial charge is 0.481 e. The van der Waals surface area contributed by atoms with E-state index in [1.54, 1.807) is 24.3 Å². The van der Waals surface area contributed by atoms with Crippen LogP contribution >= 0.6 is 11.6 Å². The molecule has 2 fully saturated rings. The number of nitrogens with zero attached hydrogens (tertiary/aromatic N) is 3. The lowest BCUT2D eigenvalue weighted by Crippen LogP contribution is -2.56. The summed E-state index contributed by atoms with van der Waals surface area (Å²) in [5.74, 6) is -0.910. The zero-order valence-electron chi connectivity index (χ0n) is 13.1. The molecule has 132 valence electrons. The summed E-state index contributed by atoms with van der Waals surface area (Å²) in [4.78, 5) is 17.5. The number of carboxylic acid groups (broad SMARTS) is 1. The molecule has 0 unspecified atom stereocenters. The summed E-state index contributed by atoms with van der Waals surface area (Å²) in [5.41, 5.74) is -2.87. The zero-order chi connectivity index (χ0) is 17.7. The Morgan fingerprint density at radius 3 is 2.96 bits per heavy atom. The summed E-state index contributed by atoms with van der Waals surface area (Å²) in [6.45, 7) is -0.197. The van der Waals surface area contributed by atoms with Gasteiger partial charge in [0.05, 0.1) is 13.2 Å². The van der Waals surface area contributed by atoms with Crippen LogP contribution < -0.4 is 4.90 Å². The number of carboxylic acids is 1. The van der Waals surface area contributed by atoms with E-state index in [1.165, 1.54) is 4.90 Å². The Morgan fingerprint density at radius 2 is 2.24 bits per heavy atom. The van der Waals surface area contributed by atoms with Gasteiger partial charge in [-0.2, -0.15) is 4.98 Å². The van der Waals surface area contributed by atoms with Crippen LogP contribution in [-0.2, 0) is 9.53 Å². The predicted molar refractivity (Wildman–Crippen MR) is 86.3 cm³/mol. The molecule has 2 aliphatic heterocycles. The molecular weight excluding hydrogens is 353 g/mol. The number of carbonyl (C=O) groups is 1. The average Bonchev–Trinajstić information content (AvgIpc) is 3.17. The number of hydrogen-bond acceptors (Lipinski definition) is 6. The minimum atomic E-state index is -1.90. The first-order valence-corrected chi connectivity index (χ1v) is 8.16. The Hall–Kier alpha value is -2.19. The summed E-state index contributed by atoms with van der Waals surface area (Å²) in [6, 6.07) is 7.02. The van der Waals surface area contributed by atoms with Gasteiger partial charge in [-0.3, -0.25) is 4.79 Å². The molecule has 4 rings (SSSR count). The summed E-state index contributed by atoms with van der Waals surface area (Å²) in [6.07, 6.45) is 0.0189. The number of rotatable bonds is 3. The SMILES string of the molecule is O=C(O)[C@@]12COCC[C@]1(F)CN(c1nc(-c3cccc(Cl)c3)no1)C2. The van der Waals surface area contributed by atoms with E-state index in [0.29, 0.717) is 16.4 Å². The lowest BCUT2D eigenvalue weighted by atomic mass is 9.73. The normalized spacial score (nSPS) is 28.8. The van der Waals surface area contributed by atoms with Crippen LogP contribution in [0.1, 0.15) is 6.42 Å². The lowest BCUT2D eigenvalue weighted by Gasteiger charge is -2.38. The van der Waals surface area contributed by atoms with E-state index >= 15 is 4.39 Å². The van der Waals surface area contributed by atoms with Crippen molar-refractivity contribution in [1.29, 1.82) is 0 Å². The van der Waals surface area contributed by atoms with Crippen LogP contribution in [0, 0.1) is 5.41 Å². The first-order chi connectivity index (χ1) is 11.9. The standard InChI is InChI=1S/C16H15ClFN3O4/c17-11-3-1-2-10(6-11)12-19-14(25-20-12)21-7-15(13(22)23)9-24-5-4-16(15,18)8-21/h1-3,6H,4-5,7-9H2,(H,22,23)/t15-,16+/m1/s1. The number of alkyl halides is 1. The van der Waals surface area contributed by atoms with Crippen molar-refractivity contribution in [3.05, 3.63) is 29.3 Å². The van der Waals surface area contributed by atoms with Gasteiger partial charge in [0.15, 0.2) is 5.67 Å². The molecule has 7 nitrogen and oxygen atoms in total. The molecule has 1 aromatic heterocycles. The molecule has 2 atom stereocenters. The third-order valence-corrected chi connectivity index (χ3v) is 5.16. The fourth-order valence-electron chi connectivity index (χ4n) is 3.50. The fourth-order valence-corrected chi connectivity index (χ4v) is 3.69. The van der Waals surface area contributed by atoms with E-state index in [-0.39, 0.29) is 38.7 Å². The van der Waals surface area contributed by atoms with Crippen molar-refractivity contribution in [3.8, 4) is 11.4 Å². The van der Waals surface area contributed by atoms with E-state index in [4.69, 9.17) is 20.9 Å². The second kappa shape index (κ2) is 5.67. The number of aliphatic carboxylic acids is 1. The van der Waals surface area contributed by atoms with E-state index < -0.39 is 17.1 Å². The molecule has 2 saturated heterocycles. The molecule has 1 aromatic carbocycles. The highest BCUT2D eigenvalue weighted by Crippen LogP contribution is 2.48. The minimum Gasteiger partial charge on any atom is -0.481 e. The number of ether oxygens (including phenoxy) is 1. The van der Waals surface area contributed by atoms with Gasteiger partial charge in [-0.1, -0.05) is 28.9 Å². The van der Waals surface area contributed by atoms with Gasteiger partial charge in [0, 0.05) is 30.2 Å². The van der Waals surface area contributed by atoms with E-state index in [9.17, 15) is 9.90 Å². The van der Waals surface area contributed by atoms with Crippen LogP contribution in [0.5, 0.6) is 0 Å². The number of benzene rings is 1. The molecule has 1 N–H and O–H groups in total. The molecule has 0 radical (unpaired) electrons. The molecule has 2 aliphatic rings. The van der Waals surface area contributed by atoms with Crippen molar-refractivity contribution in [3.63, 3.8) is 0 Å². The highest BCUT2D eigenvalue weighted by Gasteiger charge is 2.66. The average molecular weight is 368 g/mol. The van der Waals surface area contributed by atoms with Crippen LogP contribution in [0.4, 0.5) is 10.4 Å². The molecule has 2 aromatic rings. The van der Waals surface area contributed by atoms with Gasteiger partial charge < -0.3 is 19.3 Å². The Morgan fingerprint density at radius 1 is 1.40 bits per heavy atom. The number of halogens is 2. The topological polar surface area (TPSA) is 88.7 Å². The van der Waals surface area contributed by atoms with Crippen LogP contribution in [0.3, 0.4) is 0 Å². The second-order valence-corrected chi connectivity index (χ2v) is 6.86. The first-order valence-electron chi connectivity index (χ1n) is 7.78. The predicted octanol–water partition coefficient (Wildman–Crippen LogP) is 2.41. The van der Waals surface area contributed by atoms with Crippen molar-refractivity contribution in [1.82, 2.24) is 10.1 Å². The molecule has 9 heteroatoms. The van der Waals surface area contributed by atoms with Crippen molar-refractivity contribution < 1.29 is 23.6 Å². The van der Waals surface area contributed by atoms with Crippen molar-refractivity contribution >= 4 is 23.6 Å². The molecule has 0 amide bonds. The lowest BCUT2D eigenvalue weighted by molar-refractivity contribution is -0.171. The minimum absolute atomic E-state index is 0.0189. The van der Waals surface area contributed by atoms with Gasteiger partial charge in [0.2, 0.25) is 5.82 Å². The maximum absolute atomic E-state index is 15.4. The summed E-state index contributed by atoms with van der Waals surface area (Å²) in [7, 11) is 0. The maximum Gasteiger partial charge on any atom is 0.324 e.